The Morgan fingerprint density at radius 1 is 1.06 bits per heavy atom. The van der Waals surface area contributed by atoms with Crippen molar-refractivity contribution in [3.63, 3.8) is 0 Å². The summed E-state index contributed by atoms with van der Waals surface area (Å²) < 4.78 is 21.7. The van der Waals surface area contributed by atoms with E-state index in [1.54, 1.807) is 24.3 Å². The van der Waals surface area contributed by atoms with Crippen molar-refractivity contribution < 1.29 is 33.3 Å². The molecule has 0 saturated carbocycles. The third kappa shape index (κ3) is 5.75. The van der Waals surface area contributed by atoms with Crippen molar-refractivity contribution in [2.75, 3.05) is 31.7 Å². The molecule has 0 bridgehead atoms. The standard InChI is InChI=1S/C23H25NO7/c1-4-28-21-10-16(6-8-20(21)29-11-14(2)3)23(27)31-12-18(25)15-5-7-19-17(9-15)24-22(26)13-30-19/h5-10,14H,4,11-13H2,1-3H3,(H,24,26). The van der Waals surface area contributed by atoms with Gasteiger partial charge in [0.05, 0.1) is 24.5 Å². The number of rotatable bonds is 9. The Labute approximate surface area is 180 Å². The molecule has 0 radical (unpaired) electrons. The number of hydrogen-bond acceptors (Lipinski definition) is 7. The highest BCUT2D eigenvalue weighted by Gasteiger charge is 2.19. The van der Waals surface area contributed by atoms with Crippen LogP contribution >= 0.6 is 0 Å². The molecule has 164 valence electrons. The molecule has 0 aromatic heterocycles. The zero-order chi connectivity index (χ0) is 22.4. The van der Waals surface area contributed by atoms with Gasteiger partial charge in [-0.2, -0.15) is 0 Å². The number of ketones is 1. The van der Waals surface area contributed by atoms with E-state index in [2.05, 4.69) is 5.32 Å². The summed E-state index contributed by atoms with van der Waals surface area (Å²) in [7, 11) is 0. The number of carbonyl (C=O) groups excluding carboxylic acids is 3. The maximum Gasteiger partial charge on any atom is 0.338 e. The molecule has 2 aromatic carbocycles. The quantitative estimate of drug-likeness (QED) is 0.483. The number of amides is 1. The Morgan fingerprint density at radius 2 is 1.84 bits per heavy atom. The van der Waals surface area contributed by atoms with Crippen molar-refractivity contribution in [3.05, 3.63) is 47.5 Å². The fourth-order valence-electron chi connectivity index (χ4n) is 2.83. The lowest BCUT2D eigenvalue weighted by molar-refractivity contribution is -0.118. The van der Waals surface area contributed by atoms with Crippen LogP contribution in [-0.2, 0) is 9.53 Å². The molecule has 1 amide bonds. The molecule has 1 aliphatic heterocycles. The molecule has 0 fully saturated rings. The van der Waals surface area contributed by atoms with Crippen LogP contribution in [0, 0.1) is 5.92 Å². The van der Waals surface area contributed by atoms with Crippen molar-refractivity contribution in [2.45, 2.75) is 20.8 Å². The molecule has 0 aliphatic carbocycles. The monoisotopic (exact) mass is 427 g/mol. The summed E-state index contributed by atoms with van der Waals surface area (Å²) in [5.74, 6) is 0.451. The predicted molar refractivity (Wildman–Crippen MR) is 113 cm³/mol. The summed E-state index contributed by atoms with van der Waals surface area (Å²) in [5, 5.41) is 2.64. The van der Waals surface area contributed by atoms with Gasteiger partial charge < -0.3 is 24.3 Å². The maximum atomic E-state index is 12.4. The minimum atomic E-state index is -0.653. The number of carbonyl (C=O) groups is 3. The maximum absolute atomic E-state index is 12.4. The number of Topliss-reactive ketones (excluding diaryl/α,β-unsaturated/α-hetero) is 1. The second-order valence-corrected chi connectivity index (χ2v) is 7.35. The fourth-order valence-corrected chi connectivity index (χ4v) is 2.83. The minimum Gasteiger partial charge on any atom is -0.490 e. The van der Waals surface area contributed by atoms with E-state index < -0.39 is 18.4 Å². The number of hydrogen-bond donors (Lipinski definition) is 1. The smallest absolute Gasteiger partial charge is 0.338 e. The van der Waals surface area contributed by atoms with Gasteiger partial charge in [-0.25, -0.2) is 4.79 Å². The van der Waals surface area contributed by atoms with Gasteiger partial charge in [-0.3, -0.25) is 9.59 Å². The van der Waals surface area contributed by atoms with Crippen LogP contribution < -0.4 is 19.5 Å². The van der Waals surface area contributed by atoms with Crippen molar-refractivity contribution >= 4 is 23.3 Å². The van der Waals surface area contributed by atoms with E-state index >= 15 is 0 Å². The van der Waals surface area contributed by atoms with Gasteiger partial charge in [0.25, 0.3) is 5.91 Å². The third-order valence-corrected chi connectivity index (χ3v) is 4.32. The van der Waals surface area contributed by atoms with Gasteiger partial charge in [0.1, 0.15) is 5.75 Å². The molecule has 8 nitrogen and oxygen atoms in total. The van der Waals surface area contributed by atoms with E-state index in [1.165, 1.54) is 12.1 Å². The summed E-state index contributed by atoms with van der Waals surface area (Å²) in [4.78, 5) is 36.3. The molecule has 31 heavy (non-hydrogen) atoms. The zero-order valence-electron chi connectivity index (χ0n) is 17.7. The van der Waals surface area contributed by atoms with Crippen LogP contribution in [0.5, 0.6) is 17.2 Å². The second kappa shape index (κ2) is 9.97. The number of esters is 1. The van der Waals surface area contributed by atoms with Crippen molar-refractivity contribution in [3.8, 4) is 17.2 Å². The first-order valence-electron chi connectivity index (χ1n) is 10.0. The molecule has 1 heterocycles. The number of benzene rings is 2. The van der Waals surface area contributed by atoms with E-state index in [0.717, 1.165) is 0 Å². The summed E-state index contributed by atoms with van der Waals surface area (Å²) in [6, 6.07) is 9.40. The average Bonchev–Trinajstić information content (AvgIpc) is 2.75. The van der Waals surface area contributed by atoms with Gasteiger partial charge in [0, 0.05) is 5.56 Å². The van der Waals surface area contributed by atoms with E-state index in [0.29, 0.717) is 47.6 Å². The molecule has 1 aliphatic rings. The van der Waals surface area contributed by atoms with Gasteiger partial charge >= 0.3 is 5.97 Å². The number of nitrogens with one attached hydrogen (secondary N) is 1. The molecule has 3 rings (SSSR count). The normalized spacial score (nSPS) is 12.5. The number of ether oxygens (including phenoxy) is 4. The molecule has 0 saturated heterocycles. The summed E-state index contributed by atoms with van der Waals surface area (Å²) in [6.45, 7) is 6.32. The molecular formula is C23H25NO7. The first-order chi connectivity index (χ1) is 14.9. The molecule has 8 heteroatoms. The molecule has 0 unspecified atom stereocenters. The number of anilines is 1. The Hall–Kier alpha value is -3.55. The molecule has 1 N–H and O–H groups in total. The Balaban J connectivity index is 1.64. The van der Waals surface area contributed by atoms with Crippen LogP contribution in [0.1, 0.15) is 41.5 Å². The fraction of sp³-hybridized carbons (Fsp3) is 0.348. The third-order valence-electron chi connectivity index (χ3n) is 4.32. The first-order valence-corrected chi connectivity index (χ1v) is 10.0. The summed E-state index contributed by atoms with van der Waals surface area (Å²) >= 11 is 0. The molecule has 0 atom stereocenters. The van der Waals surface area contributed by atoms with E-state index in [9.17, 15) is 14.4 Å². The van der Waals surface area contributed by atoms with Crippen LogP contribution in [0.4, 0.5) is 5.69 Å². The lowest BCUT2D eigenvalue weighted by Gasteiger charge is -2.18. The summed E-state index contributed by atoms with van der Waals surface area (Å²) in [5.41, 5.74) is 0.954. The van der Waals surface area contributed by atoms with Crippen LogP contribution in [0.2, 0.25) is 0 Å². The van der Waals surface area contributed by atoms with Crippen molar-refractivity contribution in [1.29, 1.82) is 0 Å². The van der Waals surface area contributed by atoms with Gasteiger partial charge in [0.2, 0.25) is 0 Å². The van der Waals surface area contributed by atoms with Gasteiger partial charge in [-0.15, -0.1) is 0 Å². The van der Waals surface area contributed by atoms with E-state index in [-0.39, 0.29) is 18.1 Å². The van der Waals surface area contributed by atoms with E-state index in [1.807, 2.05) is 20.8 Å². The minimum absolute atomic E-state index is 0.0665. The first kappa shape index (κ1) is 22.1. The van der Waals surface area contributed by atoms with Crippen LogP contribution in [0.25, 0.3) is 0 Å². The van der Waals surface area contributed by atoms with Gasteiger partial charge in [-0.1, -0.05) is 13.8 Å². The molecular weight excluding hydrogens is 402 g/mol. The lowest BCUT2D eigenvalue weighted by atomic mass is 10.1. The van der Waals surface area contributed by atoms with Crippen LogP contribution in [0.15, 0.2) is 36.4 Å². The predicted octanol–water partition coefficient (Wildman–Crippen LogP) is 3.49. The Kier molecular flexibility index (Phi) is 7.12. The molecule has 2 aromatic rings. The average molecular weight is 427 g/mol. The van der Waals surface area contributed by atoms with Crippen molar-refractivity contribution in [2.24, 2.45) is 5.92 Å². The second-order valence-electron chi connectivity index (χ2n) is 7.35. The highest BCUT2D eigenvalue weighted by molar-refractivity contribution is 6.02. The highest BCUT2D eigenvalue weighted by Crippen LogP contribution is 2.30. The van der Waals surface area contributed by atoms with Crippen molar-refractivity contribution in [1.82, 2.24) is 0 Å². The Bertz CT molecular complexity index is 984. The SMILES string of the molecule is CCOc1cc(C(=O)OCC(=O)c2ccc3c(c2)NC(=O)CO3)ccc1OCC(C)C. The number of fused-ring (bicyclic) bond motifs is 1. The Morgan fingerprint density at radius 3 is 2.58 bits per heavy atom. The van der Waals surface area contributed by atoms with Gasteiger partial charge in [0.15, 0.2) is 30.5 Å². The topological polar surface area (TPSA) is 100 Å². The van der Waals surface area contributed by atoms with Crippen LogP contribution in [-0.4, -0.2) is 44.1 Å². The zero-order valence-corrected chi connectivity index (χ0v) is 17.7. The largest absolute Gasteiger partial charge is 0.490 e. The summed E-state index contributed by atoms with van der Waals surface area (Å²) in [6.07, 6.45) is 0. The lowest BCUT2D eigenvalue weighted by Crippen LogP contribution is -2.25. The van der Waals surface area contributed by atoms with Crippen LogP contribution in [0.3, 0.4) is 0 Å². The highest BCUT2D eigenvalue weighted by atomic mass is 16.5. The van der Waals surface area contributed by atoms with Gasteiger partial charge in [-0.05, 0) is 49.2 Å². The van der Waals surface area contributed by atoms with E-state index in [4.69, 9.17) is 18.9 Å². The molecule has 0 spiro atoms.